The van der Waals surface area contributed by atoms with Crippen LogP contribution < -0.4 is 5.32 Å². The van der Waals surface area contributed by atoms with Gasteiger partial charge in [-0.25, -0.2) is 8.78 Å². The number of benzene rings is 1. The van der Waals surface area contributed by atoms with Gasteiger partial charge >= 0.3 is 0 Å². The van der Waals surface area contributed by atoms with Gasteiger partial charge in [0.15, 0.2) is 0 Å². The molecule has 0 spiro atoms. The van der Waals surface area contributed by atoms with E-state index < -0.39 is 5.92 Å². The second-order valence-corrected chi connectivity index (χ2v) is 12.9. The predicted octanol–water partition coefficient (Wildman–Crippen LogP) is 6.17. The number of hydrogen-bond acceptors (Lipinski definition) is 4. The molecule has 3 fully saturated rings. The molecule has 1 N–H and O–H groups in total. The van der Waals surface area contributed by atoms with Gasteiger partial charge in [-0.2, -0.15) is 0 Å². The fourth-order valence-corrected chi connectivity index (χ4v) is 7.33. The van der Waals surface area contributed by atoms with E-state index in [1.807, 2.05) is 6.07 Å². The molecule has 5 rings (SSSR count). The zero-order valence-electron chi connectivity index (χ0n) is 24.0. The molecule has 3 heterocycles. The van der Waals surface area contributed by atoms with Crippen LogP contribution in [0.1, 0.15) is 108 Å². The summed E-state index contributed by atoms with van der Waals surface area (Å²) >= 11 is 0. The number of amides is 1. The molecule has 1 aromatic heterocycles. The molecule has 1 aromatic carbocycles. The molecule has 3 aliphatic rings. The molecule has 1 unspecified atom stereocenters. The zero-order valence-corrected chi connectivity index (χ0v) is 24.0. The number of carbonyl (C=O) groups excluding carboxylic acids is 1. The molecule has 214 valence electrons. The molecule has 39 heavy (non-hydrogen) atoms. The Kier molecular flexibility index (Phi) is 8.14. The van der Waals surface area contributed by atoms with Crippen LogP contribution in [0.5, 0.6) is 0 Å². The molecule has 2 aliphatic heterocycles. The minimum Gasteiger partial charge on any atom is -0.355 e. The van der Waals surface area contributed by atoms with E-state index in [4.69, 9.17) is 0 Å². The lowest BCUT2D eigenvalue weighted by Gasteiger charge is -2.42. The fourth-order valence-electron chi connectivity index (χ4n) is 7.33. The van der Waals surface area contributed by atoms with Crippen molar-refractivity contribution in [2.75, 3.05) is 13.1 Å². The van der Waals surface area contributed by atoms with Crippen LogP contribution in [0.2, 0.25) is 0 Å². The van der Waals surface area contributed by atoms with E-state index in [-0.39, 0.29) is 42.9 Å². The Labute approximate surface area is 231 Å². The molecule has 2 aromatic rings. The second kappa shape index (κ2) is 11.3. The van der Waals surface area contributed by atoms with Crippen LogP contribution in [0.3, 0.4) is 0 Å². The molecule has 4 atom stereocenters. The monoisotopic (exact) mass is 541 g/mol. The highest BCUT2D eigenvalue weighted by Gasteiger charge is 2.43. The number of aromatic nitrogens is 3. The molecular weight excluding hydrogens is 496 g/mol. The summed E-state index contributed by atoms with van der Waals surface area (Å²) in [6.45, 7) is 10.2. The van der Waals surface area contributed by atoms with Crippen LogP contribution in [0.4, 0.5) is 8.78 Å². The first-order valence-electron chi connectivity index (χ1n) is 14.9. The summed E-state index contributed by atoms with van der Waals surface area (Å²) < 4.78 is 29.6. The third kappa shape index (κ3) is 6.06. The zero-order chi connectivity index (χ0) is 27.8. The van der Waals surface area contributed by atoms with Gasteiger partial charge in [-0.1, -0.05) is 51.1 Å². The maximum atomic E-state index is 13.6. The summed E-state index contributed by atoms with van der Waals surface area (Å²) in [5.41, 5.74) is 0.978. The lowest BCUT2D eigenvalue weighted by atomic mass is 9.78. The van der Waals surface area contributed by atoms with Crippen LogP contribution in [0.25, 0.3) is 0 Å². The van der Waals surface area contributed by atoms with Crippen molar-refractivity contribution in [1.82, 2.24) is 25.0 Å². The lowest BCUT2D eigenvalue weighted by molar-refractivity contribution is -0.129. The third-order valence-corrected chi connectivity index (χ3v) is 9.77. The van der Waals surface area contributed by atoms with E-state index in [0.717, 1.165) is 37.5 Å². The highest BCUT2D eigenvalue weighted by atomic mass is 19.3. The van der Waals surface area contributed by atoms with Gasteiger partial charge in [-0.3, -0.25) is 9.69 Å². The third-order valence-electron chi connectivity index (χ3n) is 9.77. The minimum absolute atomic E-state index is 0.0705. The van der Waals surface area contributed by atoms with Crippen molar-refractivity contribution in [2.45, 2.75) is 121 Å². The van der Waals surface area contributed by atoms with E-state index in [2.05, 4.69) is 76.9 Å². The smallest absolute Gasteiger partial charge is 0.248 e. The summed E-state index contributed by atoms with van der Waals surface area (Å²) in [7, 11) is 0. The van der Waals surface area contributed by atoms with Gasteiger partial charge in [0, 0.05) is 54.8 Å². The normalized spacial score (nSPS) is 27.0. The first-order chi connectivity index (χ1) is 18.6. The standard InChI is InChI=1S/C31H45F2N5O/c1-21(2)28-36-35-22(3)38(28)27-18-25-10-11-26(19-27)37(25)17-16-30(4,24-8-6-5-7-9-24)20-34-29(39)23-12-14-31(32,33)15-13-23/h5-9,21,23,25-27H,10-20H2,1-4H3,(H,34,39)/t25-,26+,27-,30?. The summed E-state index contributed by atoms with van der Waals surface area (Å²) in [6.07, 6.45) is 5.79. The van der Waals surface area contributed by atoms with Crippen molar-refractivity contribution in [3.8, 4) is 0 Å². The van der Waals surface area contributed by atoms with Crippen molar-refractivity contribution in [1.29, 1.82) is 0 Å². The predicted molar refractivity (Wildman–Crippen MR) is 149 cm³/mol. The van der Waals surface area contributed by atoms with Gasteiger partial charge in [0.25, 0.3) is 0 Å². The Hall–Kier alpha value is -2.35. The molecule has 1 amide bonds. The molecule has 2 saturated heterocycles. The van der Waals surface area contributed by atoms with E-state index in [1.54, 1.807) is 0 Å². The van der Waals surface area contributed by atoms with E-state index in [1.165, 1.54) is 18.4 Å². The van der Waals surface area contributed by atoms with Crippen molar-refractivity contribution in [3.05, 3.63) is 47.5 Å². The topological polar surface area (TPSA) is 63.1 Å². The Morgan fingerprint density at radius 2 is 1.69 bits per heavy atom. The average molecular weight is 542 g/mol. The number of piperidine rings is 1. The number of nitrogens with one attached hydrogen (secondary N) is 1. The Balaban J connectivity index is 1.24. The Morgan fingerprint density at radius 1 is 1.05 bits per heavy atom. The molecule has 1 aliphatic carbocycles. The second-order valence-electron chi connectivity index (χ2n) is 12.9. The van der Waals surface area contributed by atoms with Gasteiger partial charge in [0.2, 0.25) is 11.8 Å². The number of fused-ring (bicyclic) bond motifs is 2. The molecule has 8 heteroatoms. The largest absolute Gasteiger partial charge is 0.355 e. The Morgan fingerprint density at radius 3 is 2.31 bits per heavy atom. The highest BCUT2D eigenvalue weighted by molar-refractivity contribution is 5.78. The number of nitrogens with zero attached hydrogens (tertiary/aromatic N) is 4. The van der Waals surface area contributed by atoms with Gasteiger partial charge in [-0.15, -0.1) is 10.2 Å². The number of hydrogen-bond donors (Lipinski definition) is 1. The van der Waals surface area contributed by atoms with Crippen molar-refractivity contribution in [2.24, 2.45) is 5.92 Å². The SMILES string of the molecule is Cc1nnc(C(C)C)n1[C@@H]1C[C@H]2CC[C@@H](C1)N2CCC(C)(CNC(=O)C1CCC(F)(F)CC1)c1ccccc1. The van der Waals surface area contributed by atoms with E-state index in [0.29, 0.717) is 30.6 Å². The van der Waals surface area contributed by atoms with Crippen LogP contribution in [0.15, 0.2) is 30.3 Å². The van der Waals surface area contributed by atoms with Gasteiger partial charge in [-0.05, 0) is 64.0 Å². The van der Waals surface area contributed by atoms with Gasteiger partial charge in [0.1, 0.15) is 11.6 Å². The first kappa shape index (κ1) is 28.2. The van der Waals surface area contributed by atoms with Crippen LogP contribution >= 0.6 is 0 Å². The first-order valence-corrected chi connectivity index (χ1v) is 14.9. The number of halogens is 2. The number of alkyl halides is 2. The lowest BCUT2D eigenvalue weighted by Crippen LogP contribution is -2.48. The Bertz CT molecular complexity index is 1110. The van der Waals surface area contributed by atoms with Gasteiger partial charge in [0.05, 0.1) is 0 Å². The summed E-state index contributed by atoms with van der Waals surface area (Å²) in [5.74, 6) is -0.528. The molecule has 2 bridgehead atoms. The quantitative estimate of drug-likeness (QED) is 0.413. The number of carbonyl (C=O) groups is 1. The maximum Gasteiger partial charge on any atom is 0.248 e. The average Bonchev–Trinajstić information content (AvgIpc) is 3.42. The van der Waals surface area contributed by atoms with E-state index >= 15 is 0 Å². The fraction of sp³-hybridized carbons (Fsp3) is 0.710. The number of aryl methyl sites for hydroxylation is 1. The van der Waals surface area contributed by atoms with Crippen LogP contribution in [-0.4, -0.2) is 56.7 Å². The molecule has 6 nitrogen and oxygen atoms in total. The van der Waals surface area contributed by atoms with Crippen LogP contribution in [0, 0.1) is 12.8 Å². The molecule has 1 saturated carbocycles. The molecular formula is C31H45F2N5O. The van der Waals surface area contributed by atoms with Gasteiger partial charge < -0.3 is 9.88 Å². The summed E-state index contributed by atoms with van der Waals surface area (Å²) in [5, 5.41) is 12.1. The highest BCUT2D eigenvalue weighted by Crippen LogP contribution is 2.43. The van der Waals surface area contributed by atoms with Crippen molar-refractivity contribution >= 4 is 5.91 Å². The van der Waals surface area contributed by atoms with Crippen LogP contribution in [-0.2, 0) is 10.2 Å². The number of rotatable bonds is 9. The van der Waals surface area contributed by atoms with E-state index in [9.17, 15) is 13.6 Å². The molecule has 0 radical (unpaired) electrons. The minimum atomic E-state index is -2.62. The summed E-state index contributed by atoms with van der Waals surface area (Å²) in [6, 6.07) is 12.0. The van der Waals surface area contributed by atoms with Crippen molar-refractivity contribution in [3.63, 3.8) is 0 Å². The summed E-state index contributed by atoms with van der Waals surface area (Å²) in [4.78, 5) is 15.7. The van der Waals surface area contributed by atoms with Crippen molar-refractivity contribution < 1.29 is 13.6 Å². The maximum absolute atomic E-state index is 13.6.